The molecule has 9 heteroatoms. The highest BCUT2D eigenvalue weighted by atomic mass is 32.1. The minimum Gasteiger partial charge on any atom is -0.378 e. The molecule has 6 heterocycles. The highest BCUT2D eigenvalue weighted by Crippen LogP contribution is 2.41. The number of H-pyrrole nitrogens is 1. The summed E-state index contributed by atoms with van der Waals surface area (Å²) in [7, 11) is 0. The highest BCUT2D eigenvalue weighted by Gasteiger charge is 2.33. The van der Waals surface area contributed by atoms with E-state index in [-0.39, 0.29) is 5.82 Å². The monoisotopic (exact) mass is 506 g/mol. The number of hydrogen-bond acceptors (Lipinski definition) is 7. The van der Waals surface area contributed by atoms with E-state index in [1.54, 1.807) is 6.07 Å². The number of aromatic nitrogens is 3. The number of thiophene rings is 1. The fourth-order valence-corrected chi connectivity index (χ4v) is 7.11. The Labute approximate surface area is 213 Å². The summed E-state index contributed by atoms with van der Waals surface area (Å²) in [5.41, 5.74) is 2.44. The maximum absolute atomic E-state index is 14.6. The molecule has 1 aromatic carbocycles. The number of likely N-dealkylation sites (tertiary alicyclic amines) is 2. The first kappa shape index (κ1) is 22.6. The number of ether oxygens (including phenoxy) is 1. The highest BCUT2D eigenvalue weighted by molar-refractivity contribution is 7.19. The standard InChI is InChI=1S/C27H31FN6OS/c28-18-15-20(19-5-6-29-21(19)16-18)25-30-22-17-23(27(34-9-4-10-34)33-7-2-1-3-8-33)36-24(22)26(31-25)32-11-13-35-14-12-32/h5-6,15-17,27,29H,1-4,7-14H2. The third-order valence-electron chi connectivity index (χ3n) is 7.79. The number of hydrogen-bond donors (Lipinski definition) is 1. The van der Waals surface area contributed by atoms with Gasteiger partial charge in [-0.3, -0.25) is 9.80 Å². The summed E-state index contributed by atoms with van der Waals surface area (Å²) in [5, 5.41) is 0.936. The molecule has 36 heavy (non-hydrogen) atoms. The first-order chi connectivity index (χ1) is 17.7. The second-order valence-corrected chi connectivity index (χ2v) is 11.2. The Morgan fingerprint density at radius 2 is 1.69 bits per heavy atom. The van der Waals surface area contributed by atoms with Crippen molar-refractivity contribution in [3.8, 4) is 11.4 Å². The molecular formula is C27H31FN6OS. The molecule has 188 valence electrons. The summed E-state index contributed by atoms with van der Waals surface area (Å²) in [5.74, 6) is 1.24. The fraction of sp³-hybridized carbons (Fsp3) is 0.481. The molecule has 3 fully saturated rings. The molecule has 3 aliphatic rings. The quantitative estimate of drug-likeness (QED) is 0.411. The van der Waals surface area contributed by atoms with Crippen LogP contribution in [0.2, 0.25) is 0 Å². The van der Waals surface area contributed by atoms with Crippen LogP contribution < -0.4 is 4.90 Å². The van der Waals surface area contributed by atoms with E-state index in [4.69, 9.17) is 14.7 Å². The van der Waals surface area contributed by atoms with Crippen LogP contribution in [0, 0.1) is 5.82 Å². The van der Waals surface area contributed by atoms with Gasteiger partial charge in [-0.25, -0.2) is 14.4 Å². The van der Waals surface area contributed by atoms with Crippen LogP contribution in [0.1, 0.15) is 36.7 Å². The summed E-state index contributed by atoms with van der Waals surface area (Å²) < 4.78 is 21.3. The molecule has 1 atom stereocenters. The Hall–Kier alpha value is -2.59. The summed E-state index contributed by atoms with van der Waals surface area (Å²) in [4.78, 5) is 22.2. The van der Waals surface area contributed by atoms with Crippen molar-refractivity contribution in [3.05, 3.63) is 41.2 Å². The second kappa shape index (κ2) is 9.37. The summed E-state index contributed by atoms with van der Waals surface area (Å²) in [6.45, 7) is 7.56. The predicted molar refractivity (Wildman–Crippen MR) is 142 cm³/mol. The van der Waals surface area contributed by atoms with Crippen molar-refractivity contribution < 1.29 is 9.13 Å². The van der Waals surface area contributed by atoms with Crippen molar-refractivity contribution in [3.63, 3.8) is 0 Å². The van der Waals surface area contributed by atoms with Crippen molar-refractivity contribution in [1.29, 1.82) is 0 Å². The molecule has 3 aromatic heterocycles. The van der Waals surface area contributed by atoms with E-state index >= 15 is 0 Å². The second-order valence-electron chi connectivity index (χ2n) is 10.1. The molecule has 1 unspecified atom stereocenters. The van der Waals surface area contributed by atoms with Crippen LogP contribution in [0.25, 0.3) is 32.5 Å². The third-order valence-corrected chi connectivity index (χ3v) is 8.95. The van der Waals surface area contributed by atoms with Gasteiger partial charge >= 0.3 is 0 Å². The van der Waals surface area contributed by atoms with Gasteiger partial charge in [-0.15, -0.1) is 11.3 Å². The maximum atomic E-state index is 14.6. The summed E-state index contributed by atoms with van der Waals surface area (Å²) in [6.07, 6.45) is 7.28. The lowest BCUT2D eigenvalue weighted by molar-refractivity contribution is -0.00763. The predicted octanol–water partition coefficient (Wildman–Crippen LogP) is 5.01. The number of fused-ring (bicyclic) bond motifs is 2. The molecule has 0 spiro atoms. The van der Waals surface area contributed by atoms with Crippen molar-refractivity contribution >= 4 is 38.3 Å². The average molecular weight is 507 g/mol. The van der Waals surface area contributed by atoms with Gasteiger partial charge in [0, 0.05) is 53.7 Å². The topological polar surface area (TPSA) is 60.5 Å². The van der Waals surface area contributed by atoms with E-state index in [1.165, 1.54) is 36.6 Å². The normalized spacial score (nSPS) is 20.8. The van der Waals surface area contributed by atoms with E-state index in [1.807, 2.05) is 23.6 Å². The van der Waals surface area contributed by atoms with Crippen LogP contribution in [0.4, 0.5) is 10.2 Å². The number of benzene rings is 1. The molecule has 7 nitrogen and oxygen atoms in total. The summed E-state index contributed by atoms with van der Waals surface area (Å²) >= 11 is 1.84. The van der Waals surface area contributed by atoms with Crippen LogP contribution in [0.3, 0.4) is 0 Å². The van der Waals surface area contributed by atoms with Crippen LogP contribution in [-0.2, 0) is 4.74 Å². The molecule has 0 bridgehead atoms. The van der Waals surface area contributed by atoms with Gasteiger partial charge in [0.15, 0.2) is 11.6 Å². The third kappa shape index (κ3) is 3.98. The van der Waals surface area contributed by atoms with Crippen molar-refractivity contribution in [2.24, 2.45) is 0 Å². The molecule has 3 saturated heterocycles. The lowest BCUT2D eigenvalue weighted by atomic mass is 10.1. The number of piperidine rings is 1. The van der Waals surface area contributed by atoms with Gasteiger partial charge in [-0.2, -0.15) is 0 Å². The van der Waals surface area contributed by atoms with E-state index in [0.717, 1.165) is 71.8 Å². The first-order valence-corrected chi connectivity index (χ1v) is 14.0. The lowest BCUT2D eigenvalue weighted by Crippen LogP contribution is -2.49. The van der Waals surface area contributed by atoms with E-state index in [0.29, 0.717) is 25.2 Å². The molecule has 0 amide bonds. The van der Waals surface area contributed by atoms with Gasteiger partial charge in [0.25, 0.3) is 0 Å². The van der Waals surface area contributed by atoms with Crippen LogP contribution in [0.15, 0.2) is 30.5 Å². The van der Waals surface area contributed by atoms with Gasteiger partial charge in [0.1, 0.15) is 5.82 Å². The Morgan fingerprint density at radius 1 is 0.917 bits per heavy atom. The number of nitrogens with zero attached hydrogens (tertiary/aromatic N) is 5. The van der Waals surface area contributed by atoms with Crippen LogP contribution in [0.5, 0.6) is 0 Å². The maximum Gasteiger partial charge on any atom is 0.163 e. The number of morpholine rings is 1. The van der Waals surface area contributed by atoms with Crippen LogP contribution >= 0.6 is 11.3 Å². The van der Waals surface area contributed by atoms with Gasteiger partial charge in [-0.05, 0) is 56.6 Å². The number of rotatable bonds is 5. The Morgan fingerprint density at radius 3 is 2.44 bits per heavy atom. The SMILES string of the molecule is Fc1cc(-c2nc(N3CCOCC3)c3sc(C(N4CCCCC4)N4CCC4)cc3n2)c2cc[nH]c2c1. The minimum absolute atomic E-state index is 0.287. The van der Waals surface area contributed by atoms with Crippen molar-refractivity contribution in [1.82, 2.24) is 24.8 Å². The number of nitrogens with one attached hydrogen (secondary N) is 1. The van der Waals surface area contributed by atoms with Gasteiger partial charge < -0.3 is 14.6 Å². The smallest absolute Gasteiger partial charge is 0.163 e. The Kier molecular flexibility index (Phi) is 5.88. The molecule has 4 aromatic rings. The first-order valence-electron chi connectivity index (χ1n) is 13.1. The number of anilines is 1. The van der Waals surface area contributed by atoms with Crippen LogP contribution in [-0.4, -0.2) is 77.2 Å². The molecule has 0 saturated carbocycles. The van der Waals surface area contributed by atoms with Gasteiger partial charge in [0.05, 0.1) is 29.6 Å². The van der Waals surface area contributed by atoms with Gasteiger partial charge in [0.2, 0.25) is 0 Å². The molecule has 7 rings (SSSR count). The minimum atomic E-state index is -0.287. The molecular weight excluding hydrogens is 475 g/mol. The average Bonchev–Trinajstić information content (AvgIpc) is 3.53. The van der Waals surface area contributed by atoms with E-state index < -0.39 is 0 Å². The largest absolute Gasteiger partial charge is 0.378 e. The number of halogens is 1. The van der Waals surface area contributed by atoms with E-state index in [9.17, 15) is 4.39 Å². The molecule has 3 aliphatic heterocycles. The molecule has 1 N–H and O–H groups in total. The molecule has 0 aliphatic carbocycles. The lowest BCUT2D eigenvalue weighted by Gasteiger charge is -2.45. The Bertz CT molecular complexity index is 1390. The van der Waals surface area contributed by atoms with Crippen molar-refractivity contribution in [2.75, 3.05) is 57.4 Å². The summed E-state index contributed by atoms with van der Waals surface area (Å²) in [6, 6.07) is 7.34. The fourth-order valence-electron chi connectivity index (χ4n) is 5.83. The molecule has 0 radical (unpaired) electrons. The Balaban J connectivity index is 1.39. The zero-order valence-corrected chi connectivity index (χ0v) is 21.2. The van der Waals surface area contributed by atoms with E-state index in [2.05, 4.69) is 25.8 Å². The van der Waals surface area contributed by atoms with Crippen molar-refractivity contribution in [2.45, 2.75) is 31.8 Å². The number of aromatic amines is 1. The zero-order chi connectivity index (χ0) is 24.1. The van der Waals surface area contributed by atoms with Gasteiger partial charge in [-0.1, -0.05) is 6.42 Å². The zero-order valence-electron chi connectivity index (χ0n) is 20.4.